The smallest absolute Gasteiger partial charge is 0.229 e. The number of nitrogens with one attached hydrogen (secondary N) is 1. The Morgan fingerprint density at radius 1 is 1.19 bits per heavy atom. The standard InChI is InChI=1S/C21H24N2O3/c1-4-26-19-8-6-5-7-18(19)23-13-16(12-20(23)24)21(25)22-17-10-9-14(2)15(3)11-17/h5-11,16H,4,12-13H2,1-3H3,(H,22,25)/t16-/m1/s1. The third-order valence-electron chi connectivity index (χ3n) is 4.73. The molecule has 2 aromatic rings. The largest absolute Gasteiger partial charge is 0.492 e. The van der Waals surface area contributed by atoms with E-state index >= 15 is 0 Å². The van der Waals surface area contributed by atoms with E-state index in [1.165, 1.54) is 5.56 Å². The van der Waals surface area contributed by atoms with Crippen LogP contribution in [0.25, 0.3) is 0 Å². The van der Waals surface area contributed by atoms with E-state index < -0.39 is 0 Å². The molecule has 0 aromatic heterocycles. The van der Waals surface area contributed by atoms with Crippen LogP contribution in [0.1, 0.15) is 24.5 Å². The van der Waals surface area contributed by atoms with Gasteiger partial charge in [0.05, 0.1) is 18.2 Å². The maximum atomic E-state index is 12.6. The molecule has 1 saturated heterocycles. The molecule has 0 aliphatic carbocycles. The Labute approximate surface area is 154 Å². The third kappa shape index (κ3) is 3.72. The monoisotopic (exact) mass is 352 g/mol. The van der Waals surface area contributed by atoms with Crippen molar-refractivity contribution in [3.8, 4) is 5.75 Å². The van der Waals surface area contributed by atoms with Gasteiger partial charge in [0.15, 0.2) is 0 Å². The van der Waals surface area contributed by atoms with Gasteiger partial charge in [-0.05, 0) is 56.2 Å². The fraction of sp³-hybridized carbons (Fsp3) is 0.333. The quantitative estimate of drug-likeness (QED) is 0.893. The van der Waals surface area contributed by atoms with Crippen LogP contribution in [0.3, 0.4) is 0 Å². The molecule has 5 heteroatoms. The fourth-order valence-electron chi connectivity index (χ4n) is 3.14. The summed E-state index contributed by atoms with van der Waals surface area (Å²) in [7, 11) is 0. The van der Waals surface area contributed by atoms with Crippen LogP contribution in [-0.4, -0.2) is 25.0 Å². The summed E-state index contributed by atoms with van der Waals surface area (Å²) < 4.78 is 5.62. The molecule has 0 radical (unpaired) electrons. The second kappa shape index (κ2) is 7.60. The molecule has 2 amide bonds. The molecule has 0 unspecified atom stereocenters. The molecule has 1 aliphatic rings. The van der Waals surface area contributed by atoms with Gasteiger partial charge in [-0.25, -0.2) is 0 Å². The highest BCUT2D eigenvalue weighted by Gasteiger charge is 2.36. The van der Waals surface area contributed by atoms with Gasteiger partial charge < -0.3 is 15.0 Å². The van der Waals surface area contributed by atoms with Gasteiger partial charge in [-0.2, -0.15) is 0 Å². The van der Waals surface area contributed by atoms with Gasteiger partial charge in [0, 0.05) is 18.7 Å². The zero-order valence-electron chi connectivity index (χ0n) is 15.4. The number of rotatable bonds is 5. The number of ether oxygens (including phenoxy) is 1. The molecule has 1 atom stereocenters. The molecule has 1 fully saturated rings. The second-order valence-corrected chi connectivity index (χ2v) is 6.59. The van der Waals surface area contributed by atoms with Crippen molar-refractivity contribution in [2.75, 3.05) is 23.4 Å². The number of hydrogen-bond donors (Lipinski definition) is 1. The van der Waals surface area contributed by atoms with Crippen molar-refractivity contribution in [3.05, 3.63) is 53.6 Å². The Hall–Kier alpha value is -2.82. The maximum absolute atomic E-state index is 12.6. The summed E-state index contributed by atoms with van der Waals surface area (Å²) in [5.41, 5.74) is 3.79. The van der Waals surface area contributed by atoms with Crippen molar-refractivity contribution in [2.24, 2.45) is 5.92 Å². The Morgan fingerprint density at radius 2 is 1.96 bits per heavy atom. The van der Waals surface area contributed by atoms with Crippen LogP contribution in [0.15, 0.2) is 42.5 Å². The maximum Gasteiger partial charge on any atom is 0.229 e. The summed E-state index contributed by atoms with van der Waals surface area (Å²) in [6, 6.07) is 13.3. The Kier molecular flexibility index (Phi) is 5.26. The van der Waals surface area contributed by atoms with Crippen LogP contribution in [0, 0.1) is 19.8 Å². The van der Waals surface area contributed by atoms with Gasteiger partial charge >= 0.3 is 0 Å². The predicted molar refractivity (Wildman–Crippen MR) is 103 cm³/mol. The fourth-order valence-corrected chi connectivity index (χ4v) is 3.14. The van der Waals surface area contributed by atoms with E-state index in [0.29, 0.717) is 18.9 Å². The lowest BCUT2D eigenvalue weighted by Crippen LogP contribution is -2.28. The number of nitrogens with zero attached hydrogens (tertiary/aromatic N) is 1. The highest BCUT2D eigenvalue weighted by molar-refractivity contribution is 6.04. The molecule has 1 N–H and O–H groups in total. The number of carbonyl (C=O) groups is 2. The van der Waals surface area contributed by atoms with E-state index in [-0.39, 0.29) is 24.2 Å². The first-order chi connectivity index (χ1) is 12.5. The minimum Gasteiger partial charge on any atom is -0.492 e. The van der Waals surface area contributed by atoms with E-state index in [1.807, 2.05) is 63.2 Å². The van der Waals surface area contributed by atoms with E-state index in [2.05, 4.69) is 5.32 Å². The number of para-hydroxylation sites is 2. The van der Waals surface area contributed by atoms with Crippen LogP contribution >= 0.6 is 0 Å². The zero-order valence-corrected chi connectivity index (χ0v) is 15.4. The van der Waals surface area contributed by atoms with Gasteiger partial charge in [-0.15, -0.1) is 0 Å². The van der Waals surface area contributed by atoms with Gasteiger partial charge in [0.25, 0.3) is 0 Å². The summed E-state index contributed by atoms with van der Waals surface area (Å²) in [6.45, 7) is 6.83. The van der Waals surface area contributed by atoms with Crippen LogP contribution in [0.2, 0.25) is 0 Å². The Balaban J connectivity index is 1.73. The summed E-state index contributed by atoms with van der Waals surface area (Å²) in [6.07, 6.45) is 0.205. The second-order valence-electron chi connectivity index (χ2n) is 6.59. The van der Waals surface area contributed by atoms with Gasteiger partial charge in [-0.3, -0.25) is 9.59 Å². The van der Waals surface area contributed by atoms with Crippen molar-refractivity contribution in [1.29, 1.82) is 0 Å². The molecule has 0 spiro atoms. The normalized spacial score (nSPS) is 16.7. The van der Waals surface area contributed by atoms with Gasteiger partial charge in [0.1, 0.15) is 5.75 Å². The van der Waals surface area contributed by atoms with E-state index in [1.54, 1.807) is 4.90 Å². The van der Waals surface area contributed by atoms with Crippen LogP contribution < -0.4 is 15.0 Å². The topological polar surface area (TPSA) is 58.6 Å². The highest BCUT2D eigenvalue weighted by Crippen LogP contribution is 2.33. The van der Waals surface area contributed by atoms with Crippen LogP contribution in [0.4, 0.5) is 11.4 Å². The van der Waals surface area contributed by atoms with Crippen molar-refractivity contribution >= 4 is 23.2 Å². The Bertz CT molecular complexity index is 832. The molecule has 3 rings (SSSR count). The number of aryl methyl sites for hydroxylation is 2. The molecule has 136 valence electrons. The molecule has 2 aromatic carbocycles. The lowest BCUT2D eigenvalue weighted by Gasteiger charge is -2.20. The number of amides is 2. The van der Waals surface area contributed by atoms with E-state index in [9.17, 15) is 9.59 Å². The molecule has 1 heterocycles. The van der Waals surface area contributed by atoms with E-state index in [4.69, 9.17) is 4.74 Å². The van der Waals surface area contributed by atoms with Crippen LogP contribution in [-0.2, 0) is 9.59 Å². The summed E-state index contributed by atoms with van der Waals surface area (Å²) in [4.78, 5) is 26.8. The predicted octanol–water partition coefficient (Wildman–Crippen LogP) is 3.69. The first kappa shape index (κ1) is 18.0. The number of anilines is 2. The lowest BCUT2D eigenvalue weighted by molar-refractivity contribution is -0.122. The zero-order chi connectivity index (χ0) is 18.7. The van der Waals surface area contributed by atoms with E-state index in [0.717, 1.165) is 16.9 Å². The number of benzene rings is 2. The van der Waals surface area contributed by atoms with Crippen molar-refractivity contribution in [2.45, 2.75) is 27.2 Å². The summed E-state index contributed by atoms with van der Waals surface area (Å²) in [5.74, 6) is 0.104. The van der Waals surface area contributed by atoms with Crippen molar-refractivity contribution < 1.29 is 14.3 Å². The molecule has 5 nitrogen and oxygen atoms in total. The molecule has 0 saturated carbocycles. The average Bonchev–Trinajstić information content (AvgIpc) is 3.01. The van der Waals surface area contributed by atoms with Crippen molar-refractivity contribution in [1.82, 2.24) is 0 Å². The van der Waals surface area contributed by atoms with Gasteiger partial charge in [-0.1, -0.05) is 18.2 Å². The minimum absolute atomic E-state index is 0.0580. The molecule has 0 bridgehead atoms. The van der Waals surface area contributed by atoms with Gasteiger partial charge in [0.2, 0.25) is 11.8 Å². The number of hydrogen-bond acceptors (Lipinski definition) is 3. The minimum atomic E-state index is -0.376. The average molecular weight is 352 g/mol. The number of carbonyl (C=O) groups excluding carboxylic acids is 2. The Morgan fingerprint density at radius 3 is 2.69 bits per heavy atom. The first-order valence-corrected chi connectivity index (χ1v) is 8.90. The summed E-state index contributed by atoms with van der Waals surface area (Å²) in [5, 5.41) is 2.94. The van der Waals surface area contributed by atoms with Crippen molar-refractivity contribution in [3.63, 3.8) is 0 Å². The molecular formula is C21H24N2O3. The summed E-state index contributed by atoms with van der Waals surface area (Å²) >= 11 is 0. The lowest BCUT2D eigenvalue weighted by atomic mass is 10.1. The van der Waals surface area contributed by atoms with Crippen LogP contribution in [0.5, 0.6) is 5.75 Å². The molecular weight excluding hydrogens is 328 g/mol. The first-order valence-electron chi connectivity index (χ1n) is 8.90. The third-order valence-corrected chi connectivity index (χ3v) is 4.73. The highest BCUT2D eigenvalue weighted by atomic mass is 16.5. The molecule has 1 aliphatic heterocycles. The molecule has 26 heavy (non-hydrogen) atoms. The SMILES string of the molecule is CCOc1ccccc1N1C[C@H](C(=O)Nc2ccc(C)c(C)c2)CC1=O.